The number of nitrogens with one attached hydrogen (secondary N) is 1. The lowest BCUT2D eigenvalue weighted by atomic mass is 10.2. The zero-order valence-electron chi connectivity index (χ0n) is 18.0. The quantitative estimate of drug-likeness (QED) is 0.284. The van der Waals surface area contributed by atoms with Crippen molar-refractivity contribution < 1.29 is 4.79 Å². The minimum Gasteiger partial charge on any atom is -0.367 e. The summed E-state index contributed by atoms with van der Waals surface area (Å²) in [5, 5.41) is 4.52. The van der Waals surface area contributed by atoms with Gasteiger partial charge in [-0.1, -0.05) is 53.2 Å². The summed E-state index contributed by atoms with van der Waals surface area (Å²) in [4.78, 5) is 29.8. The number of anilines is 2. The maximum absolute atomic E-state index is 12.2. The molecule has 0 saturated carbocycles. The van der Waals surface area contributed by atoms with Gasteiger partial charge in [-0.15, -0.1) is 0 Å². The van der Waals surface area contributed by atoms with Crippen LogP contribution in [0.1, 0.15) is 5.69 Å². The van der Waals surface area contributed by atoms with Crippen molar-refractivity contribution in [2.24, 2.45) is 0 Å². The van der Waals surface area contributed by atoms with Crippen molar-refractivity contribution in [3.63, 3.8) is 0 Å². The first kappa shape index (κ1) is 23.6. The summed E-state index contributed by atoms with van der Waals surface area (Å²) in [5.74, 6) is 0.920. The largest absolute Gasteiger partial charge is 0.367 e. The number of para-hydroxylation sites is 1. The monoisotopic (exact) mass is 502 g/mol. The first-order chi connectivity index (χ1) is 16.1. The molecule has 0 unspecified atom stereocenters. The van der Waals surface area contributed by atoms with Crippen molar-refractivity contribution >= 4 is 52.4 Å². The second-order valence-electron chi connectivity index (χ2n) is 7.47. The second-order valence-corrected chi connectivity index (χ2v) is 9.20. The molecule has 1 amide bonds. The van der Waals surface area contributed by atoms with Gasteiger partial charge in [0.15, 0.2) is 5.16 Å². The number of rotatable bonds is 8. The standard InChI is InChI=1S/C23H24Cl2N6OS/c24-18-6-1-2-7-19(18)30-11-13-31(14-12-30)21-15-20(25)28-23(29-21)33-16-22(32)27-10-8-17-5-3-4-9-26-17/h1-7,9,15H,8,10-14,16H2,(H,27,32). The minimum atomic E-state index is -0.0746. The molecule has 3 heterocycles. The van der Waals surface area contributed by atoms with E-state index >= 15 is 0 Å². The van der Waals surface area contributed by atoms with E-state index in [0.717, 1.165) is 48.4 Å². The third kappa shape index (κ3) is 6.72. The van der Waals surface area contributed by atoms with Gasteiger partial charge >= 0.3 is 0 Å². The van der Waals surface area contributed by atoms with Crippen LogP contribution in [0, 0.1) is 0 Å². The highest BCUT2D eigenvalue weighted by Gasteiger charge is 2.21. The van der Waals surface area contributed by atoms with Gasteiger partial charge < -0.3 is 15.1 Å². The number of benzene rings is 1. The summed E-state index contributed by atoms with van der Waals surface area (Å²) in [6.45, 7) is 3.76. The first-order valence-corrected chi connectivity index (χ1v) is 12.4. The van der Waals surface area contributed by atoms with Gasteiger partial charge in [0.1, 0.15) is 11.0 Å². The molecule has 1 saturated heterocycles. The van der Waals surface area contributed by atoms with E-state index in [1.165, 1.54) is 11.8 Å². The molecule has 0 atom stereocenters. The fourth-order valence-electron chi connectivity index (χ4n) is 3.55. The number of carbonyl (C=O) groups excluding carboxylic acids is 1. The van der Waals surface area contributed by atoms with E-state index in [2.05, 4.69) is 30.1 Å². The molecular formula is C23H24Cl2N6OS. The van der Waals surface area contributed by atoms with Crippen molar-refractivity contribution in [1.29, 1.82) is 0 Å². The van der Waals surface area contributed by atoms with Gasteiger partial charge in [-0.05, 0) is 24.3 Å². The minimum absolute atomic E-state index is 0.0746. The number of aromatic nitrogens is 3. The topological polar surface area (TPSA) is 74.2 Å². The van der Waals surface area contributed by atoms with Gasteiger partial charge in [0, 0.05) is 57.1 Å². The van der Waals surface area contributed by atoms with Crippen LogP contribution in [0.3, 0.4) is 0 Å². The lowest BCUT2D eigenvalue weighted by Crippen LogP contribution is -2.47. The molecule has 1 aliphatic rings. The van der Waals surface area contributed by atoms with E-state index in [-0.39, 0.29) is 11.7 Å². The first-order valence-electron chi connectivity index (χ1n) is 10.7. The van der Waals surface area contributed by atoms with Gasteiger partial charge in [-0.2, -0.15) is 0 Å². The van der Waals surface area contributed by atoms with E-state index in [1.807, 2.05) is 42.5 Å². The van der Waals surface area contributed by atoms with Crippen molar-refractivity contribution in [2.75, 3.05) is 48.3 Å². The van der Waals surface area contributed by atoms with Crippen LogP contribution in [0.2, 0.25) is 10.2 Å². The van der Waals surface area contributed by atoms with E-state index in [0.29, 0.717) is 23.3 Å². The van der Waals surface area contributed by atoms with Gasteiger partial charge in [-0.3, -0.25) is 9.78 Å². The second kappa shape index (κ2) is 11.5. The maximum Gasteiger partial charge on any atom is 0.230 e. The van der Waals surface area contributed by atoms with Gasteiger partial charge in [-0.25, -0.2) is 9.97 Å². The highest BCUT2D eigenvalue weighted by Crippen LogP contribution is 2.28. The average Bonchev–Trinajstić information content (AvgIpc) is 2.84. The smallest absolute Gasteiger partial charge is 0.230 e. The van der Waals surface area contributed by atoms with E-state index in [4.69, 9.17) is 23.2 Å². The fraction of sp³-hybridized carbons (Fsp3) is 0.304. The predicted molar refractivity (Wildman–Crippen MR) is 135 cm³/mol. The Balaban J connectivity index is 1.28. The van der Waals surface area contributed by atoms with Crippen LogP contribution < -0.4 is 15.1 Å². The number of piperazine rings is 1. The summed E-state index contributed by atoms with van der Waals surface area (Å²) < 4.78 is 0. The van der Waals surface area contributed by atoms with E-state index < -0.39 is 0 Å². The molecule has 10 heteroatoms. The number of carbonyl (C=O) groups is 1. The number of thioether (sulfide) groups is 1. The average molecular weight is 503 g/mol. The molecule has 3 aromatic rings. The van der Waals surface area contributed by atoms with Gasteiger partial charge in [0.2, 0.25) is 5.91 Å². The SMILES string of the molecule is O=C(CSc1nc(Cl)cc(N2CCN(c3ccccc3Cl)CC2)n1)NCCc1ccccn1. The molecule has 0 aliphatic carbocycles. The Morgan fingerprint density at radius 3 is 2.52 bits per heavy atom. The van der Waals surface area contributed by atoms with Crippen LogP contribution in [0.25, 0.3) is 0 Å². The Bertz CT molecular complexity index is 1080. The number of halogens is 2. The molecular weight excluding hydrogens is 479 g/mol. The van der Waals surface area contributed by atoms with Gasteiger partial charge in [0.05, 0.1) is 16.5 Å². The van der Waals surface area contributed by atoms with Crippen molar-refractivity contribution in [1.82, 2.24) is 20.3 Å². The third-order valence-electron chi connectivity index (χ3n) is 5.22. The molecule has 1 aliphatic heterocycles. The summed E-state index contributed by atoms with van der Waals surface area (Å²) in [6.07, 6.45) is 2.44. The Morgan fingerprint density at radius 1 is 1.00 bits per heavy atom. The molecule has 1 N–H and O–H groups in total. The number of pyridine rings is 1. The van der Waals surface area contributed by atoms with E-state index in [1.54, 1.807) is 12.3 Å². The zero-order chi connectivity index (χ0) is 23.0. The van der Waals surface area contributed by atoms with Crippen LogP contribution in [0.15, 0.2) is 59.9 Å². The number of nitrogens with zero attached hydrogens (tertiary/aromatic N) is 5. The molecule has 2 aromatic heterocycles. The van der Waals surface area contributed by atoms with Crippen molar-refractivity contribution in [3.8, 4) is 0 Å². The van der Waals surface area contributed by atoms with Crippen LogP contribution in [-0.2, 0) is 11.2 Å². The number of hydrogen-bond acceptors (Lipinski definition) is 7. The van der Waals surface area contributed by atoms with Crippen molar-refractivity contribution in [2.45, 2.75) is 11.6 Å². The highest BCUT2D eigenvalue weighted by molar-refractivity contribution is 7.99. The van der Waals surface area contributed by atoms with Crippen LogP contribution >= 0.6 is 35.0 Å². The van der Waals surface area contributed by atoms with Crippen LogP contribution in [0.4, 0.5) is 11.5 Å². The fourth-order valence-corrected chi connectivity index (χ4v) is 4.72. The van der Waals surface area contributed by atoms with Crippen LogP contribution in [0.5, 0.6) is 0 Å². The van der Waals surface area contributed by atoms with Crippen molar-refractivity contribution in [3.05, 3.63) is 70.6 Å². The molecule has 0 bridgehead atoms. The summed E-state index contributed by atoms with van der Waals surface area (Å²) >= 11 is 13.9. The third-order valence-corrected chi connectivity index (χ3v) is 6.58. The lowest BCUT2D eigenvalue weighted by Gasteiger charge is -2.37. The predicted octanol–water partition coefficient (Wildman–Crippen LogP) is 3.96. The summed E-state index contributed by atoms with van der Waals surface area (Å²) in [6, 6.07) is 15.4. The zero-order valence-corrected chi connectivity index (χ0v) is 20.3. The summed E-state index contributed by atoms with van der Waals surface area (Å²) in [7, 11) is 0. The molecule has 7 nitrogen and oxygen atoms in total. The molecule has 172 valence electrons. The Morgan fingerprint density at radius 2 is 1.76 bits per heavy atom. The number of hydrogen-bond donors (Lipinski definition) is 1. The Hall–Kier alpha value is -2.55. The molecule has 4 rings (SSSR count). The Kier molecular flexibility index (Phi) is 8.25. The van der Waals surface area contributed by atoms with E-state index in [9.17, 15) is 4.79 Å². The van der Waals surface area contributed by atoms with Crippen LogP contribution in [-0.4, -0.2) is 59.3 Å². The number of amides is 1. The lowest BCUT2D eigenvalue weighted by molar-refractivity contribution is -0.118. The molecule has 1 fully saturated rings. The normalized spacial score (nSPS) is 13.8. The summed E-state index contributed by atoms with van der Waals surface area (Å²) in [5.41, 5.74) is 1.99. The maximum atomic E-state index is 12.2. The molecule has 33 heavy (non-hydrogen) atoms. The molecule has 0 spiro atoms. The van der Waals surface area contributed by atoms with Gasteiger partial charge in [0.25, 0.3) is 0 Å². The Labute approximate surface area is 207 Å². The molecule has 0 radical (unpaired) electrons. The molecule has 1 aromatic carbocycles. The highest BCUT2D eigenvalue weighted by atomic mass is 35.5.